The third-order valence-electron chi connectivity index (χ3n) is 5.48. The monoisotopic (exact) mass is 392 g/mol. The highest BCUT2D eigenvalue weighted by molar-refractivity contribution is 9.10. The topological polar surface area (TPSA) is 32.3 Å². The maximum atomic E-state index is 13.0. The molecule has 0 aliphatic heterocycles. The van der Waals surface area contributed by atoms with Crippen LogP contribution in [0.4, 0.5) is 4.79 Å². The first-order valence-electron chi connectivity index (χ1n) is 9.54. The molecule has 2 aliphatic rings. The van der Waals surface area contributed by atoms with Gasteiger partial charge in [-0.25, -0.2) is 4.79 Å². The summed E-state index contributed by atoms with van der Waals surface area (Å²) in [7, 11) is 0. The first-order valence-corrected chi connectivity index (χ1v) is 10.3. The molecule has 0 atom stereocenters. The van der Waals surface area contributed by atoms with Crippen LogP contribution in [-0.2, 0) is 6.54 Å². The molecule has 0 bridgehead atoms. The number of carbonyl (C=O) groups excluding carboxylic acids is 1. The van der Waals surface area contributed by atoms with Gasteiger partial charge in [0, 0.05) is 23.1 Å². The molecule has 4 heteroatoms. The molecule has 0 heterocycles. The lowest BCUT2D eigenvalue weighted by Gasteiger charge is -2.36. The Morgan fingerprint density at radius 2 is 1.54 bits per heavy atom. The van der Waals surface area contributed by atoms with Crippen LogP contribution in [0.3, 0.4) is 0 Å². The third-order valence-corrected chi connectivity index (χ3v) is 6.00. The highest BCUT2D eigenvalue weighted by Crippen LogP contribution is 2.25. The Bertz CT molecular complexity index is 519. The molecule has 2 amide bonds. The van der Waals surface area contributed by atoms with Gasteiger partial charge in [-0.3, -0.25) is 0 Å². The van der Waals surface area contributed by atoms with Gasteiger partial charge in [-0.2, -0.15) is 0 Å². The van der Waals surface area contributed by atoms with Gasteiger partial charge in [0.2, 0.25) is 0 Å². The number of nitrogens with one attached hydrogen (secondary N) is 1. The van der Waals surface area contributed by atoms with Crippen LogP contribution < -0.4 is 5.32 Å². The summed E-state index contributed by atoms with van der Waals surface area (Å²) in [5, 5.41) is 3.33. The normalized spacial score (nSPS) is 19.9. The van der Waals surface area contributed by atoms with Crippen LogP contribution in [0.2, 0.25) is 0 Å². The molecule has 2 fully saturated rings. The van der Waals surface area contributed by atoms with Gasteiger partial charge in [-0.15, -0.1) is 0 Å². The molecule has 0 radical (unpaired) electrons. The Morgan fingerprint density at radius 3 is 2.17 bits per heavy atom. The van der Waals surface area contributed by atoms with Crippen molar-refractivity contribution < 1.29 is 4.79 Å². The maximum Gasteiger partial charge on any atom is 0.318 e. The van der Waals surface area contributed by atoms with E-state index in [2.05, 4.69) is 50.4 Å². The average Bonchev–Trinajstić information content (AvgIpc) is 2.63. The minimum atomic E-state index is 0.150. The Morgan fingerprint density at radius 1 is 0.958 bits per heavy atom. The van der Waals surface area contributed by atoms with Crippen molar-refractivity contribution in [3.8, 4) is 0 Å². The van der Waals surface area contributed by atoms with Crippen molar-refractivity contribution in [3.63, 3.8) is 0 Å². The van der Waals surface area contributed by atoms with Crippen molar-refractivity contribution in [1.82, 2.24) is 10.2 Å². The highest BCUT2D eigenvalue weighted by Gasteiger charge is 2.27. The summed E-state index contributed by atoms with van der Waals surface area (Å²) in [6.45, 7) is 0.719. The standard InChI is InChI=1S/C20H29BrN2O/c21-17-13-11-16(12-14-17)15-23(19-9-5-2-6-10-19)20(24)22-18-7-3-1-4-8-18/h11-14,18-19H,1-10,15H2,(H,22,24). The molecular weight excluding hydrogens is 364 g/mol. The van der Waals surface area contributed by atoms with Gasteiger partial charge in [-0.05, 0) is 43.4 Å². The highest BCUT2D eigenvalue weighted by atomic mass is 79.9. The van der Waals surface area contributed by atoms with Gasteiger partial charge in [-0.1, -0.05) is 66.6 Å². The molecule has 0 aromatic heterocycles. The predicted molar refractivity (Wildman–Crippen MR) is 102 cm³/mol. The number of hydrogen-bond donors (Lipinski definition) is 1. The zero-order chi connectivity index (χ0) is 16.8. The smallest absolute Gasteiger partial charge is 0.318 e. The molecule has 2 aliphatic carbocycles. The lowest BCUT2D eigenvalue weighted by atomic mass is 9.93. The fraction of sp³-hybridized carbons (Fsp3) is 0.650. The molecule has 1 aromatic carbocycles. The zero-order valence-corrected chi connectivity index (χ0v) is 16.1. The first kappa shape index (κ1) is 17.8. The van der Waals surface area contributed by atoms with E-state index in [0.29, 0.717) is 12.1 Å². The van der Waals surface area contributed by atoms with Gasteiger partial charge in [0.1, 0.15) is 0 Å². The van der Waals surface area contributed by atoms with E-state index in [-0.39, 0.29) is 6.03 Å². The number of hydrogen-bond acceptors (Lipinski definition) is 1. The van der Waals surface area contributed by atoms with Gasteiger partial charge in [0.25, 0.3) is 0 Å². The molecule has 3 rings (SSSR count). The fourth-order valence-electron chi connectivity index (χ4n) is 4.05. The zero-order valence-electron chi connectivity index (χ0n) is 14.5. The van der Waals surface area contributed by atoms with E-state index in [4.69, 9.17) is 0 Å². The van der Waals surface area contributed by atoms with Gasteiger partial charge in [0.05, 0.1) is 0 Å². The van der Waals surface area contributed by atoms with E-state index in [9.17, 15) is 4.79 Å². The fourth-order valence-corrected chi connectivity index (χ4v) is 4.31. The molecule has 1 N–H and O–H groups in total. The van der Waals surface area contributed by atoms with Crippen LogP contribution in [0.1, 0.15) is 69.8 Å². The van der Waals surface area contributed by atoms with Gasteiger partial charge in [0.15, 0.2) is 0 Å². The second-order valence-corrected chi connectivity index (χ2v) is 8.25. The van der Waals surface area contributed by atoms with E-state index >= 15 is 0 Å². The summed E-state index contributed by atoms with van der Waals surface area (Å²) >= 11 is 3.49. The molecule has 24 heavy (non-hydrogen) atoms. The number of nitrogens with zero attached hydrogens (tertiary/aromatic N) is 1. The van der Waals surface area contributed by atoms with Crippen molar-refractivity contribution in [2.24, 2.45) is 0 Å². The van der Waals surface area contributed by atoms with E-state index < -0.39 is 0 Å². The van der Waals surface area contributed by atoms with Crippen molar-refractivity contribution in [2.75, 3.05) is 0 Å². The number of halogens is 1. The van der Waals surface area contributed by atoms with Gasteiger partial charge >= 0.3 is 6.03 Å². The van der Waals surface area contributed by atoms with Crippen LogP contribution in [0.15, 0.2) is 28.7 Å². The number of benzene rings is 1. The number of rotatable bonds is 4. The van der Waals surface area contributed by atoms with Crippen LogP contribution >= 0.6 is 15.9 Å². The van der Waals surface area contributed by atoms with E-state index in [0.717, 1.165) is 36.7 Å². The molecule has 0 unspecified atom stereocenters. The summed E-state index contributed by atoms with van der Waals surface area (Å²) in [6, 6.07) is 9.28. The summed E-state index contributed by atoms with van der Waals surface area (Å²) in [4.78, 5) is 15.1. The Kier molecular flexibility index (Phi) is 6.59. The summed E-state index contributed by atoms with van der Waals surface area (Å²) < 4.78 is 1.09. The molecular formula is C20H29BrN2O. The lowest BCUT2D eigenvalue weighted by molar-refractivity contribution is 0.145. The summed E-state index contributed by atoms with van der Waals surface area (Å²) in [5.74, 6) is 0. The molecule has 2 saturated carbocycles. The van der Waals surface area contributed by atoms with Crippen LogP contribution in [0.5, 0.6) is 0 Å². The quantitative estimate of drug-likeness (QED) is 0.707. The molecule has 0 saturated heterocycles. The van der Waals surface area contributed by atoms with Crippen LogP contribution in [0, 0.1) is 0 Å². The third kappa shape index (κ3) is 4.98. The minimum Gasteiger partial charge on any atom is -0.335 e. The Balaban J connectivity index is 1.67. The van der Waals surface area contributed by atoms with Crippen molar-refractivity contribution in [1.29, 1.82) is 0 Å². The second-order valence-electron chi connectivity index (χ2n) is 7.33. The molecule has 3 nitrogen and oxygen atoms in total. The number of urea groups is 1. The SMILES string of the molecule is O=C(NC1CCCCC1)N(Cc1ccc(Br)cc1)C1CCCCC1. The summed E-state index contributed by atoms with van der Waals surface area (Å²) in [6.07, 6.45) is 12.2. The van der Waals surface area contributed by atoms with E-state index in [1.807, 2.05) is 0 Å². The van der Waals surface area contributed by atoms with Crippen molar-refractivity contribution in [3.05, 3.63) is 34.3 Å². The van der Waals surface area contributed by atoms with Crippen molar-refractivity contribution in [2.45, 2.75) is 82.8 Å². The number of carbonyl (C=O) groups is 1. The Labute approximate surface area is 154 Å². The average molecular weight is 393 g/mol. The number of amides is 2. The van der Waals surface area contributed by atoms with E-state index in [1.165, 1.54) is 44.1 Å². The second kappa shape index (κ2) is 8.89. The molecule has 1 aromatic rings. The predicted octanol–water partition coefficient (Wildman–Crippen LogP) is 5.63. The lowest BCUT2D eigenvalue weighted by Crippen LogP contribution is -2.49. The van der Waals surface area contributed by atoms with E-state index in [1.54, 1.807) is 0 Å². The molecule has 0 spiro atoms. The summed E-state index contributed by atoms with van der Waals surface area (Å²) in [5.41, 5.74) is 1.21. The largest absolute Gasteiger partial charge is 0.335 e. The van der Waals surface area contributed by atoms with Crippen LogP contribution in [-0.4, -0.2) is 23.0 Å². The van der Waals surface area contributed by atoms with Crippen LogP contribution in [0.25, 0.3) is 0 Å². The van der Waals surface area contributed by atoms with Crippen molar-refractivity contribution >= 4 is 22.0 Å². The minimum absolute atomic E-state index is 0.150. The molecule has 132 valence electrons. The first-order chi connectivity index (χ1) is 11.7. The Hall–Kier alpha value is -1.03. The van der Waals surface area contributed by atoms with Gasteiger partial charge < -0.3 is 10.2 Å². The maximum absolute atomic E-state index is 13.0.